The van der Waals surface area contributed by atoms with Crippen LogP contribution in [0.5, 0.6) is 0 Å². The summed E-state index contributed by atoms with van der Waals surface area (Å²) >= 11 is 0. The first-order chi connectivity index (χ1) is 6.40. The van der Waals surface area contributed by atoms with E-state index in [4.69, 9.17) is 0 Å². The highest BCUT2D eigenvalue weighted by Crippen LogP contribution is 2.31. The van der Waals surface area contributed by atoms with Crippen molar-refractivity contribution in [2.45, 2.75) is 44.2 Å². The highest BCUT2D eigenvalue weighted by molar-refractivity contribution is 4.90. The molecule has 3 aliphatic rings. The topological polar surface area (TPSA) is 15.3 Å². The number of rotatable bonds is 4. The predicted molar refractivity (Wildman–Crippen MR) is 53.7 cm³/mol. The highest BCUT2D eigenvalue weighted by Gasteiger charge is 2.31. The molecule has 3 rings (SSSR count). The third kappa shape index (κ3) is 2.23. The molecule has 1 N–H and O–H groups in total. The van der Waals surface area contributed by atoms with Crippen LogP contribution in [0.4, 0.5) is 0 Å². The van der Waals surface area contributed by atoms with Gasteiger partial charge in [0.25, 0.3) is 0 Å². The normalized spacial score (nSPS) is 35.5. The summed E-state index contributed by atoms with van der Waals surface area (Å²) in [4.78, 5) is 2.66. The monoisotopic (exact) mass is 180 g/mol. The van der Waals surface area contributed by atoms with Crippen LogP contribution in [0.15, 0.2) is 0 Å². The summed E-state index contributed by atoms with van der Waals surface area (Å²) in [6.45, 7) is 4.07. The molecule has 1 atom stereocenters. The van der Waals surface area contributed by atoms with Crippen molar-refractivity contribution in [3.8, 4) is 0 Å². The molecule has 1 saturated heterocycles. The predicted octanol–water partition coefficient (Wildman–Crippen LogP) is 1.22. The lowest BCUT2D eigenvalue weighted by Gasteiger charge is -2.15. The van der Waals surface area contributed by atoms with Crippen LogP contribution in [0.1, 0.15) is 32.1 Å². The van der Waals surface area contributed by atoms with Crippen molar-refractivity contribution in [2.75, 3.05) is 19.6 Å². The second-order valence-electron chi connectivity index (χ2n) is 5.13. The van der Waals surface area contributed by atoms with E-state index in [1.165, 1.54) is 51.7 Å². The standard InChI is InChI=1S/C11H20N2/c1-2-9(1)7-13-6-5-11(8-13)12-10-3-4-10/h9-12H,1-8H2. The quantitative estimate of drug-likeness (QED) is 0.700. The Kier molecular flexibility index (Phi) is 2.06. The third-order valence-corrected chi connectivity index (χ3v) is 3.53. The first-order valence-corrected chi connectivity index (χ1v) is 5.88. The van der Waals surface area contributed by atoms with Gasteiger partial charge in [0.2, 0.25) is 0 Å². The van der Waals surface area contributed by atoms with E-state index in [2.05, 4.69) is 10.2 Å². The van der Waals surface area contributed by atoms with E-state index in [0.717, 1.165) is 18.0 Å². The van der Waals surface area contributed by atoms with Gasteiger partial charge in [0.1, 0.15) is 0 Å². The molecule has 0 aromatic carbocycles. The van der Waals surface area contributed by atoms with E-state index < -0.39 is 0 Å². The maximum Gasteiger partial charge on any atom is 0.0209 e. The fraction of sp³-hybridized carbons (Fsp3) is 1.00. The molecule has 1 aliphatic heterocycles. The van der Waals surface area contributed by atoms with E-state index in [0.29, 0.717) is 0 Å². The maximum atomic E-state index is 3.73. The SMILES string of the molecule is C1CC1CN1CCC(NC2CC2)C1. The zero-order valence-corrected chi connectivity index (χ0v) is 8.34. The number of hydrogen-bond acceptors (Lipinski definition) is 2. The molecular weight excluding hydrogens is 160 g/mol. The molecule has 0 radical (unpaired) electrons. The van der Waals surface area contributed by atoms with Gasteiger partial charge >= 0.3 is 0 Å². The summed E-state index contributed by atoms with van der Waals surface area (Å²) < 4.78 is 0. The Morgan fingerprint density at radius 3 is 2.54 bits per heavy atom. The minimum absolute atomic E-state index is 0.825. The van der Waals surface area contributed by atoms with E-state index in [9.17, 15) is 0 Å². The highest BCUT2D eigenvalue weighted by atomic mass is 15.2. The molecule has 74 valence electrons. The Bertz CT molecular complexity index is 165. The Balaban J connectivity index is 1.41. The zero-order valence-electron chi connectivity index (χ0n) is 8.34. The van der Waals surface area contributed by atoms with Crippen molar-refractivity contribution in [3.63, 3.8) is 0 Å². The van der Waals surface area contributed by atoms with Gasteiger partial charge in [-0.25, -0.2) is 0 Å². The van der Waals surface area contributed by atoms with Crippen molar-refractivity contribution in [3.05, 3.63) is 0 Å². The Morgan fingerprint density at radius 1 is 1.00 bits per heavy atom. The second kappa shape index (κ2) is 3.25. The fourth-order valence-corrected chi connectivity index (χ4v) is 2.38. The van der Waals surface area contributed by atoms with Crippen molar-refractivity contribution in [1.29, 1.82) is 0 Å². The summed E-state index contributed by atoms with van der Waals surface area (Å²) in [6, 6.07) is 1.72. The summed E-state index contributed by atoms with van der Waals surface area (Å²) in [7, 11) is 0. The van der Waals surface area contributed by atoms with Crippen LogP contribution < -0.4 is 5.32 Å². The maximum absolute atomic E-state index is 3.73. The number of likely N-dealkylation sites (tertiary alicyclic amines) is 1. The van der Waals surface area contributed by atoms with Gasteiger partial charge in [0, 0.05) is 25.2 Å². The van der Waals surface area contributed by atoms with Gasteiger partial charge in [-0.2, -0.15) is 0 Å². The Labute approximate surface area is 80.7 Å². The van der Waals surface area contributed by atoms with Gasteiger partial charge in [0.05, 0.1) is 0 Å². The Hall–Kier alpha value is -0.0800. The smallest absolute Gasteiger partial charge is 0.0209 e. The lowest BCUT2D eigenvalue weighted by Crippen LogP contribution is -2.34. The second-order valence-corrected chi connectivity index (χ2v) is 5.13. The van der Waals surface area contributed by atoms with E-state index in [-0.39, 0.29) is 0 Å². The molecule has 0 bridgehead atoms. The van der Waals surface area contributed by atoms with Crippen LogP contribution >= 0.6 is 0 Å². The van der Waals surface area contributed by atoms with Gasteiger partial charge in [0.15, 0.2) is 0 Å². The summed E-state index contributed by atoms with van der Waals surface area (Å²) in [5, 5.41) is 3.73. The molecule has 0 aromatic heterocycles. The lowest BCUT2D eigenvalue weighted by molar-refractivity contribution is 0.314. The molecule has 1 unspecified atom stereocenters. The van der Waals surface area contributed by atoms with E-state index in [1.807, 2.05) is 0 Å². The van der Waals surface area contributed by atoms with Gasteiger partial charge in [-0.05, 0) is 44.6 Å². The van der Waals surface area contributed by atoms with Crippen molar-refractivity contribution in [1.82, 2.24) is 10.2 Å². The molecule has 0 spiro atoms. The number of nitrogens with zero attached hydrogens (tertiary/aromatic N) is 1. The molecule has 2 heteroatoms. The minimum atomic E-state index is 0.825. The Morgan fingerprint density at radius 2 is 1.85 bits per heavy atom. The van der Waals surface area contributed by atoms with Gasteiger partial charge < -0.3 is 10.2 Å². The largest absolute Gasteiger partial charge is 0.310 e. The van der Waals surface area contributed by atoms with Crippen molar-refractivity contribution < 1.29 is 0 Å². The molecule has 2 aliphatic carbocycles. The summed E-state index contributed by atoms with van der Waals surface area (Å²) in [6.07, 6.45) is 7.25. The van der Waals surface area contributed by atoms with Crippen LogP contribution in [0.2, 0.25) is 0 Å². The van der Waals surface area contributed by atoms with Crippen LogP contribution in [-0.4, -0.2) is 36.6 Å². The molecule has 13 heavy (non-hydrogen) atoms. The number of hydrogen-bond donors (Lipinski definition) is 1. The molecule has 3 fully saturated rings. The minimum Gasteiger partial charge on any atom is -0.310 e. The van der Waals surface area contributed by atoms with Gasteiger partial charge in [-0.1, -0.05) is 0 Å². The molecule has 2 nitrogen and oxygen atoms in total. The van der Waals surface area contributed by atoms with Crippen LogP contribution in [0.3, 0.4) is 0 Å². The van der Waals surface area contributed by atoms with E-state index >= 15 is 0 Å². The van der Waals surface area contributed by atoms with Gasteiger partial charge in [-0.15, -0.1) is 0 Å². The van der Waals surface area contributed by atoms with Crippen molar-refractivity contribution >= 4 is 0 Å². The van der Waals surface area contributed by atoms with Crippen molar-refractivity contribution in [2.24, 2.45) is 5.92 Å². The van der Waals surface area contributed by atoms with Crippen LogP contribution in [0, 0.1) is 5.92 Å². The zero-order chi connectivity index (χ0) is 8.67. The molecular formula is C11H20N2. The average Bonchev–Trinajstić information content (AvgIpc) is 2.96. The fourth-order valence-electron chi connectivity index (χ4n) is 2.38. The lowest BCUT2D eigenvalue weighted by atomic mass is 10.2. The van der Waals surface area contributed by atoms with Crippen LogP contribution in [-0.2, 0) is 0 Å². The molecule has 1 heterocycles. The summed E-state index contributed by atoms with van der Waals surface area (Å²) in [5.41, 5.74) is 0. The molecule has 2 saturated carbocycles. The first kappa shape index (κ1) is 8.25. The average molecular weight is 180 g/mol. The number of nitrogens with one attached hydrogen (secondary N) is 1. The third-order valence-electron chi connectivity index (χ3n) is 3.53. The van der Waals surface area contributed by atoms with E-state index in [1.54, 1.807) is 0 Å². The summed E-state index contributed by atoms with van der Waals surface area (Å²) in [5.74, 6) is 1.07. The molecule has 0 amide bonds. The van der Waals surface area contributed by atoms with Crippen LogP contribution in [0.25, 0.3) is 0 Å². The molecule has 0 aromatic rings. The van der Waals surface area contributed by atoms with Gasteiger partial charge in [-0.3, -0.25) is 0 Å². The first-order valence-electron chi connectivity index (χ1n) is 5.88.